The Hall–Kier alpha value is -2.19. The Morgan fingerprint density at radius 3 is 2.84 bits per heavy atom. The highest BCUT2D eigenvalue weighted by atomic mass is 32.1. The fraction of sp³-hybridized carbons (Fsp3) is 0.625. The fourth-order valence-electron chi connectivity index (χ4n) is 5.44. The number of fused-ring (bicyclic) bond motifs is 3. The summed E-state index contributed by atoms with van der Waals surface area (Å²) in [5.74, 6) is 1.64. The van der Waals surface area contributed by atoms with Crippen molar-refractivity contribution in [3.05, 3.63) is 33.7 Å². The number of hydrogen-bond acceptors (Lipinski definition) is 5. The number of likely N-dealkylation sites (tertiary alicyclic amines) is 1. The van der Waals surface area contributed by atoms with Gasteiger partial charge in [0.15, 0.2) is 0 Å². The van der Waals surface area contributed by atoms with Gasteiger partial charge in [-0.05, 0) is 55.7 Å². The zero-order valence-electron chi connectivity index (χ0n) is 19.0. The monoisotopic (exact) mass is 455 g/mol. The second-order valence-electron chi connectivity index (χ2n) is 9.84. The van der Waals surface area contributed by atoms with Crippen molar-refractivity contribution in [2.75, 3.05) is 19.6 Å². The average Bonchev–Trinajstić information content (AvgIpc) is 3.48. The molecule has 3 aromatic heterocycles. The third kappa shape index (κ3) is 4.22. The van der Waals surface area contributed by atoms with E-state index in [0.29, 0.717) is 5.52 Å². The maximum absolute atomic E-state index is 13.1. The van der Waals surface area contributed by atoms with E-state index < -0.39 is 0 Å². The van der Waals surface area contributed by atoms with Crippen LogP contribution in [0.15, 0.2) is 22.3 Å². The largest absolute Gasteiger partial charge is 0.350 e. The standard InChI is InChI=1S/C24H33N5O2S/c1-16(2)22-26-28(23(31)20-12-18-9-11-32-24(18)29(20)22)15-21(30)25-19-8-5-10-27(14-19)13-17-6-3-4-7-17/h9,11-12,16-17,19H,3-8,10,13-15H2,1-2H3,(H,25,30). The number of thiophene rings is 1. The molecule has 0 bridgehead atoms. The van der Waals surface area contributed by atoms with E-state index in [1.54, 1.807) is 11.3 Å². The topological polar surface area (TPSA) is 71.6 Å². The zero-order valence-corrected chi connectivity index (χ0v) is 19.9. The molecule has 1 atom stereocenters. The van der Waals surface area contributed by atoms with Crippen molar-refractivity contribution >= 4 is 33.0 Å². The van der Waals surface area contributed by atoms with Gasteiger partial charge in [-0.2, -0.15) is 5.10 Å². The lowest BCUT2D eigenvalue weighted by Gasteiger charge is -2.34. The normalized spacial score (nSPS) is 20.7. The smallest absolute Gasteiger partial charge is 0.291 e. The van der Waals surface area contributed by atoms with Crippen molar-refractivity contribution < 1.29 is 4.79 Å². The predicted molar refractivity (Wildman–Crippen MR) is 128 cm³/mol. The molecule has 8 heteroatoms. The lowest BCUT2D eigenvalue weighted by molar-refractivity contribution is -0.123. The molecule has 1 saturated carbocycles. The van der Waals surface area contributed by atoms with Gasteiger partial charge in [0.2, 0.25) is 5.91 Å². The van der Waals surface area contributed by atoms with Crippen molar-refractivity contribution in [3.63, 3.8) is 0 Å². The summed E-state index contributed by atoms with van der Waals surface area (Å²) in [7, 11) is 0. The maximum Gasteiger partial charge on any atom is 0.291 e. The highest BCUT2D eigenvalue weighted by Gasteiger charge is 2.25. The van der Waals surface area contributed by atoms with Crippen molar-refractivity contribution in [3.8, 4) is 0 Å². The second-order valence-corrected chi connectivity index (χ2v) is 10.7. The molecule has 0 aromatic carbocycles. The quantitative estimate of drug-likeness (QED) is 0.616. The summed E-state index contributed by atoms with van der Waals surface area (Å²) in [6.07, 6.45) is 7.53. The number of carbonyl (C=O) groups is 1. The van der Waals surface area contributed by atoms with Crippen LogP contribution in [0.3, 0.4) is 0 Å². The minimum Gasteiger partial charge on any atom is -0.350 e. The highest BCUT2D eigenvalue weighted by Crippen LogP contribution is 2.27. The number of aromatic nitrogens is 3. The molecule has 2 fully saturated rings. The van der Waals surface area contributed by atoms with Gasteiger partial charge in [-0.1, -0.05) is 26.7 Å². The molecule has 1 aliphatic heterocycles. The number of piperidine rings is 1. The molecule has 172 valence electrons. The Bertz CT molecular complexity index is 1170. The van der Waals surface area contributed by atoms with Crippen LogP contribution in [-0.2, 0) is 11.3 Å². The summed E-state index contributed by atoms with van der Waals surface area (Å²) in [5, 5.41) is 10.9. The van der Waals surface area contributed by atoms with E-state index in [4.69, 9.17) is 0 Å². The van der Waals surface area contributed by atoms with E-state index >= 15 is 0 Å². The van der Waals surface area contributed by atoms with Gasteiger partial charge >= 0.3 is 0 Å². The molecule has 3 aromatic rings. The van der Waals surface area contributed by atoms with E-state index in [9.17, 15) is 9.59 Å². The Kier molecular flexibility index (Phi) is 6.07. The third-order valence-corrected chi connectivity index (χ3v) is 7.90. The molecule has 5 rings (SSSR count). The molecule has 4 heterocycles. The van der Waals surface area contributed by atoms with Gasteiger partial charge in [0, 0.05) is 30.4 Å². The molecular weight excluding hydrogens is 422 g/mol. The lowest BCUT2D eigenvalue weighted by atomic mass is 10.0. The Labute approximate surface area is 192 Å². The number of nitrogens with zero attached hydrogens (tertiary/aromatic N) is 4. The molecule has 1 unspecified atom stereocenters. The van der Waals surface area contributed by atoms with Crippen LogP contribution < -0.4 is 10.9 Å². The summed E-state index contributed by atoms with van der Waals surface area (Å²) in [6, 6.07) is 4.09. The van der Waals surface area contributed by atoms with E-state index in [1.807, 2.05) is 21.9 Å². The maximum atomic E-state index is 13.1. The summed E-state index contributed by atoms with van der Waals surface area (Å²) in [4.78, 5) is 29.6. The third-order valence-electron chi connectivity index (χ3n) is 6.99. The van der Waals surface area contributed by atoms with Crippen LogP contribution in [0.2, 0.25) is 0 Å². The molecule has 1 N–H and O–H groups in total. The first-order valence-corrected chi connectivity index (χ1v) is 12.9. The van der Waals surface area contributed by atoms with Crippen molar-refractivity contribution in [2.45, 2.75) is 70.9 Å². The van der Waals surface area contributed by atoms with E-state index in [0.717, 1.165) is 54.4 Å². The van der Waals surface area contributed by atoms with Gasteiger partial charge in [-0.15, -0.1) is 11.3 Å². The zero-order chi connectivity index (χ0) is 22.2. The van der Waals surface area contributed by atoms with Gasteiger partial charge in [0.05, 0.1) is 0 Å². The van der Waals surface area contributed by atoms with E-state index in [2.05, 4.69) is 29.2 Å². The van der Waals surface area contributed by atoms with Gasteiger partial charge in [0.1, 0.15) is 22.7 Å². The predicted octanol–water partition coefficient (Wildman–Crippen LogP) is 3.60. The van der Waals surface area contributed by atoms with E-state index in [1.165, 1.54) is 30.4 Å². The van der Waals surface area contributed by atoms with E-state index in [-0.39, 0.29) is 30.0 Å². The van der Waals surface area contributed by atoms with Crippen molar-refractivity contribution in [1.82, 2.24) is 24.4 Å². The first kappa shape index (κ1) is 21.6. The minimum atomic E-state index is -0.209. The van der Waals surface area contributed by atoms with Crippen molar-refractivity contribution in [2.24, 2.45) is 5.92 Å². The molecular formula is C24H33N5O2S. The Morgan fingerprint density at radius 1 is 1.25 bits per heavy atom. The molecule has 32 heavy (non-hydrogen) atoms. The number of rotatable bonds is 6. The first-order chi connectivity index (χ1) is 15.5. The Balaban J connectivity index is 1.31. The highest BCUT2D eigenvalue weighted by molar-refractivity contribution is 7.16. The van der Waals surface area contributed by atoms with Crippen LogP contribution in [0.25, 0.3) is 15.7 Å². The van der Waals surface area contributed by atoms with Crippen LogP contribution in [0.1, 0.15) is 64.1 Å². The molecule has 1 amide bonds. The van der Waals surface area contributed by atoms with Crippen LogP contribution >= 0.6 is 11.3 Å². The number of hydrogen-bond donors (Lipinski definition) is 1. The van der Waals surface area contributed by atoms with Crippen LogP contribution in [0, 0.1) is 5.92 Å². The van der Waals surface area contributed by atoms with Gasteiger partial charge in [-0.25, -0.2) is 4.68 Å². The fourth-order valence-corrected chi connectivity index (χ4v) is 6.35. The summed E-state index contributed by atoms with van der Waals surface area (Å²) in [6.45, 7) is 7.30. The van der Waals surface area contributed by atoms with Crippen LogP contribution in [0.5, 0.6) is 0 Å². The summed E-state index contributed by atoms with van der Waals surface area (Å²) >= 11 is 1.61. The molecule has 1 aliphatic carbocycles. The molecule has 1 saturated heterocycles. The summed E-state index contributed by atoms with van der Waals surface area (Å²) < 4.78 is 3.31. The van der Waals surface area contributed by atoms with Gasteiger partial charge < -0.3 is 10.2 Å². The summed E-state index contributed by atoms with van der Waals surface area (Å²) in [5.41, 5.74) is 0.387. The molecule has 0 spiro atoms. The lowest BCUT2D eigenvalue weighted by Crippen LogP contribution is -2.49. The molecule has 7 nitrogen and oxygen atoms in total. The molecule has 2 aliphatic rings. The molecule has 0 radical (unpaired) electrons. The SMILES string of the molecule is CC(C)c1nn(CC(=O)NC2CCCN(CC3CCCC3)C2)c(=O)c2cc3ccsc3n12. The van der Waals surface area contributed by atoms with Crippen LogP contribution in [0.4, 0.5) is 0 Å². The number of nitrogens with one attached hydrogen (secondary N) is 1. The number of carbonyl (C=O) groups excluding carboxylic acids is 1. The minimum absolute atomic E-state index is 0.0347. The Morgan fingerprint density at radius 2 is 2.06 bits per heavy atom. The first-order valence-electron chi connectivity index (χ1n) is 12.0. The average molecular weight is 456 g/mol. The number of amides is 1. The van der Waals surface area contributed by atoms with Crippen LogP contribution in [-0.4, -0.2) is 50.7 Å². The van der Waals surface area contributed by atoms with Gasteiger partial charge in [-0.3, -0.25) is 14.0 Å². The van der Waals surface area contributed by atoms with Crippen molar-refractivity contribution in [1.29, 1.82) is 0 Å². The van der Waals surface area contributed by atoms with Gasteiger partial charge in [0.25, 0.3) is 5.56 Å². The second kappa shape index (κ2) is 8.98.